The Morgan fingerprint density at radius 1 is 1.43 bits per heavy atom. The summed E-state index contributed by atoms with van der Waals surface area (Å²) in [6.45, 7) is 4.40. The Bertz CT molecular complexity index is 579. The van der Waals surface area contributed by atoms with E-state index in [0.717, 1.165) is 31.2 Å². The highest BCUT2D eigenvalue weighted by atomic mass is 16.3. The molecule has 0 bridgehead atoms. The Hall–Kier alpha value is -2.06. The van der Waals surface area contributed by atoms with E-state index in [4.69, 9.17) is 5.26 Å². The number of aliphatic hydroxyl groups excluding tert-OH is 1. The summed E-state index contributed by atoms with van der Waals surface area (Å²) in [5.41, 5.74) is 1.31. The van der Waals surface area contributed by atoms with Gasteiger partial charge in [-0.25, -0.2) is 4.79 Å². The summed E-state index contributed by atoms with van der Waals surface area (Å²) in [6.07, 6.45) is 3.53. The average Bonchev–Trinajstić information content (AvgIpc) is 2.56. The van der Waals surface area contributed by atoms with Gasteiger partial charge in [0.15, 0.2) is 0 Å². The summed E-state index contributed by atoms with van der Waals surface area (Å²) in [4.78, 5) is 12.1. The highest BCUT2D eigenvalue weighted by Crippen LogP contribution is 2.35. The molecule has 3 N–H and O–H groups in total. The van der Waals surface area contributed by atoms with Crippen LogP contribution in [0.15, 0.2) is 24.3 Å². The first-order valence-electron chi connectivity index (χ1n) is 8.17. The number of benzene rings is 1. The molecule has 1 aliphatic carbocycles. The first-order chi connectivity index (χ1) is 10.9. The van der Waals surface area contributed by atoms with E-state index in [0.29, 0.717) is 12.1 Å². The second-order valence-electron chi connectivity index (χ2n) is 6.70. The van der Waals surface area contributed by atoms with Gasteiger partial charge in [-0.1, -0.05) is 31.9 Å². The predicted octanol–water partition coefficient (Wildman–Crippen LogP) is 2.86. The molecule has 1 aromatic rings. The molecular weight excluding hydrogens is 290 g/mol. The predicted molar refractivity (Wildman–Crippen MR) is 88.7 cm³/mol. The van der Waals surface area contributed by atoms with Crippen molar-refractivity contribution < 1.29 is 9.90 Å². The number of carbonyl (C=O) groups is 1. The van der Waals surface area contributed by atoms with Crippen molar-refractivity contribution in [1.29, 1.82) is 5.26 Å². The van der Waals surface area contributed by atoms with E-state index in [1.807, 2.05) is 26.0 Å². The number of amides is 2. The van der Waals surface area contributed by atoms with Gasteiger partial charge in [-0.15, -0.1) is 0 Å². The molecule has 0 heterocycles. The highest BCUT2D eigenvalue weighted by Gasteiger charge is 2.35. The fraction of sp³-hybridized carbons (Fsp3) is 0.556. The van der Waals surface area contributed by atoms with Crippen LogP contribution in [0, 0.1) is 16.7 Å². The van der Waals surface area contributed by atoms with Gasteiger partial charge >= 0.3 is 6.03 Å². The Labute approximate surface area is 137 Å². The Kier molecular flexibility index (Phi) is 5.62. The molecule has 3 atom stereocenters. The number of urea groups is 1. The number of nitrogens with zero attached hydrogens (tertiary/aromatic N) is 1. The van der Waals surface area contributed by atoms with Crippen molar-refractivity contribution in [2.45, 2.75) is 51.7 Å². The van der Waals surface area contributed by atoms with E-state index in [1.165, 1.54) is 0 Å². The third kappa shape index (κ3) is 4.46. The van der Waals surface area contributed by atoms with Gasteiger partial charge in [0.05, 0.1) is 23.8 Å². The van der Waals surface area contributed by atoms with Crippen LogP contribution in [0.3, 0.4) is 0 Å². The van der Waals surface area contributed by atoms with Gasteiger partial charge in [0, 0.05) is 12.0 Å². The van der Waals surface area contributed by atoms with Crippen LogP contribution < -0.4 is 10.6 Å². The summed E-state index contributed by atoms with van der Waals surface area (Å²) in [7, 11) is 0. The summed E-state index contributed by atoms with van der Waals surface area (Å²) in [6, 6.07) is 8.86. The largest absolute Gasteiger partial charge is 0.392 e. The minimum Gasteiger partial charge on any atom is -0.392 e. The zero-order valence-electron chi connectivity index (χ0n) is 13.8. The lowest BCUT2D eigenvalue weighted by atomic mass is 9.73. The van der Waals surface area contributed by atoms with Crippen LogP contribution in [-0.4, -0.2) is 23.8 Å². The van der Waals surface area contributed by atoms with Gasteiger partial charge in [0.25, 0.3) is 0 Å². The molecule has 5 nitrogen and oxygen atoms in total. The Morgan fingerprint density at radius 2 is 2.13 bits per heavy atom. The van der Waals surface area contributed by atoms with E-state index in [1.54, 1.807) is 12.1 Å². The van der Waals surface area contributed by atoms with E-state index < -0.39 is 0 Å². The van der Waals surface area contributed by atoms with Crippen molar-refractivity contribution in [2.75, 3.05) is 6.54 Å². The fourth-order valence-electron chi connectivity index (χ4n) is 3.05. The number of aliphatic hydroxyl groups is 1. The molecule has 2 rings (SSSR count). The lowest BCUT2D eigenvalue weighted by Crippen LogP contribution is -2.48. The maximum Gasteiger partial charge on any atom is 0.315 e. The molecule has 5 heteroatoms. The third-order valence-corrected chi connectivity index (χ3v) is 4.82. The third-order valence-electron chi connectivity index (χ3n) is 4.82. The smallest absolute Gasteiger partial charge is 0.315 e. The zero-order chi connectivity index (χ0) is 16.9. The fourth-order valence-corrected chi connectivity index (χ4v) is 3.05. The molecule has 0 aromatic heterocycles. The average molecular weight is 315 g/mol. The quantitative estimate of drug-likeness (QED) is 0.798. The van der Waals surface area contributed by atoms with Crippen LogP contribution in [0.4, 0.5) is 4.79 Å². The Morgan fingerprint density at radius 3 is 2.74 bits per heavy atom. The number of rotatable bonds is 4. The first kappa shape index (κ1) is 17.3. The van der Waals surface area contributed by atoms with Gasteiger partial charge in [0.2, 0.25) is 0 Å². The highest BCUT2D eigenvalue weighted by molar-refractivity contribution is 5.74. The molecule has 2 amide bonds. The van der Waals surface area contributed by atoms with Crippen molar-refractivity contribution in [3.8, 4) is 6.07 Å². The number of hydrogen-bond donors (Lipinski definition) is 3. The molecule has 1 saturated carbocycles. The minimum atomic E-state index is -0.354. The van der Waals surface area contributed by atoms with Crippen LogP contribution in [0.5, 0.6) is 0 Å². The summed E-state index contributed by atoms with van der Waals surface area (Å²) in [5.74, 6) is 0. The van der Waals surface area contributed by atoms with Gasteiger partial charge in [-0.05, 0) is 37.5 Å². The van der Waals surface area contributed by atoms with Crippen molar-refractivity contribution in [3.63, 3.8) is 0 Å². The maximum absolute atomic E-state index is 12.1. The van der Waals surface area contributed by atoms with E-state index in [2.05, 4.69) is 16.7 Å². The summed E-state index contributed by atoms with van der Waals surface area (Å²) < 4.78 is 0. The van der Waals surface area contributed by atoms with Gasteiger partial charge in [-0.2, -0.15) is 5.26 Å². The van der Waals surface area contributed by atoms with Gasteiger partial charge in [-0.3, -0.25) is 0 Å². The monoisotopic (exact) mass is 315 g/mol. The molecule has 0 radical (unpaired) electrons. The standard InChI is InChI=1S/C18H25N3O2/c1-13(15-8-6-14(11-19)7-9-15)21-17(23)20-12-18(2)10-4-3-5-16(18)22/h6-9,13,16,22H,3-5,10,12H2,1-2H3,(H2,20,21,23)/t13-,16+,18+/m0/s1. The number of nitriles is 1. The second-order valence-corrected chi connectivity index (χ2v) is 6.70. The normalized spacial score (nSPS) is 25.2. The summed E-state index contributed by atoms with van der Waals surface area (Å²) in [5, 5.41) is 24.7. The van der Waals surface area contributed by atoms with Crippen LogP contribution >= 0.6 is 0 Å². The molecule has 0 spiro atoms. The Balaban J connectivity index is 1.85. The first-order valence-corrected chi connectivity index (χ1v) is 8.17. The molecular formula is C18H25N3O2. The lowest BCUT2D eigenvalue weighted by molar-refractivity contribution is 0.00305. The second kappa shape index (κ2) is 7.47. The molecule has 0 unspecified atom stereocenters. The molecule has 0 saturated heterocycles. The summed E-state index contributed by atoms with van der Waals surface area (Å²) >= 11 is 0. The van der Waals surface area contributed by atoms with Crippen molar-refractivity contribution in [1.82, 2.24) is 10.6 Å². The van der Waals surface area contributed by atoms with E-state index in [9.17, 15) is 9.90 Å². The number of hydrogen-bond acceptors (Lipinski definition) is 3. The topological polar surface area (TPSA) is 85.2 Å². The maximum atomic E-state index is 12.1. The van der Waals surface area contributed by atoms with Crippen molar-refractivity contribution in [3.05, 3.63) is 35.4 Å². The minimum absolute atomic E-state index is 0.146. The zero-order valence-corrected chi connectivity index (χ0v) is 13.8. The van der Waals surface area contributed by atoms with Crippen molar-refractivity contribution >= 4 is 6.03 Å². The molecule has 1 aliphatic rings. The molecule has 1 aromatic carbocycles. The van der Waals surface area contributed by atoms with Gasteiger partial charge < -0.3 is 15.7 Å². The van der Waals surface area contributed by atoms with Crippen LogP contribution in [0.2, 0.25) is 0 Å². The van der Waals surface area contributed by atoms with E-state index in [-0.39, 0.29) is 23.6 Å². The van der Waals surface area contributed by atoms with Crippen LogP contribution in [0.25, 0.3) is 0 Å². The van der Waals surface area contributed by atoms with E-state index >= 15 is 0 Å². The molecule has 1 fully saturated rings. The van der Waals surface area contributed by atoms with Crippen LogP contribution in [0.1, 0.15) is 56.7 Å². The number of carbonyl (C=O) groups excluding carboxylic acids is 1. The lowest BCUT2D eigenvalue weighted by Gasteiger charge is -2.38. The van der Waals surface area contributed by atoms with Crippen LogP contribution in [-0.2, 0) is 0 Å². The van der Waals surface area contributed by atoms with Crippen molar-refractivity contribution in [2.24, 2.45) is 5.41 Å². The SMILES string of the molecule is C[C@H](NC(=O)NC[C@@]1(C)CCCC[C@H]1O)c1ccc(C#N)cc1. The molecule has 124 valence electrons. The molecule has 0 aliphatic heterocycles. The van der Waals surface area contributed by atoms with Gasteiger partial charge in [0.1, 0.15) is 0 Å². The molecule has 23 heavy (non-hydrogen) atoms. The number of nitrogens with one attached hydrogen (secondary N) is 2.